The number of nitrogens with zero attached hydrogens (tertiary/aromatic N) is 2. The fourth-order valence-corrected chi connectivity index (χ4v) is 3.36. The second-order valence-corrected chi connectivity index (χ2v) is 6.42. The molecular formula is C16H18N4S. The Balaban J connectivity index is 1.96. The highest BCUT2D eigenvalue weighted by Crippen LogP contribution is 2.33. The maximum absolute atomic E-state index is 5.74. The van der Waals surface area contributed by atoms with E-state index in [9.17, 15) is 0 Å². The molecule has 0 fully saturated rings. The number of fused-ring (bicyclic) bond motifs is 1. The van der Waals surface area contributed by atoms with Gasteiger partial charge in [-0.2, -0.15) is 0 Å². The van der Waals surface area contributed by atoms with Crippen LogP contribution in [0.2, 0.25) is 0 Å². The molecule has 0 saturated heterocycles. The standard InChI is InChI=1S/C16H18N4S/c1-9-11(3)21-16-14(9)15(18-8-19-16)20-10(2)12-4-6-13(17)7-5-12/h4-8,10H,17H2,1-3H3,(H,18,19,20). The summed E-state index contributed by atoms with van der Waals surface area (Å²) in [6.07, 6.45) is 1.62. The number of hydrogen-bond donors (Lipinski definition) is 2. The largest absolute Gasteiger partial charge is 0.399 e. The molecule has 2 aromatic heterocycles. The molecular weight excluding hydrogens is 280 g/mol. The van der Waals surface area contributed by atoms with Gasteiger partial charge >= 0.3 is 0 Å². The van der Waals surface area contributed by atoms with Gasteiger partial charge in [0.2, 0.25) is 0 Å². The lowest BCUT2D eigenvalue weighted by Gasteiger charge is -2.16. The van der Waals surface area contributed by atoms with Crippen molar-refractivity contribution in [3.05, 3.63) is 46.6 Å². The fourth-order valence-electron chi connectivity index (χ4n) is 2.36. The van der Waals surface area contributed by atoms with Gasteiger partial charge in [0.15, 0.2) is 0 Å². The van der Waals surface area contributed by atoms with Crippen LogP contribution in [0.5, 0.6) is 0 Å². The highest BCUT2D eigenvalue weighted by Gasteiger charge is 2.14. The average Bonchev–Trinajstić information content (AvgIpc) is 2.76. The van der Waals surface area contributed by atoms with E-state index in [0.29, 0.717) is 0 Å². The second-order valence-electron chi connectivity index (χ2n) is 5.22. The van der Waals surface area contributed by atoms with Crippen LogP contribution in [0.4, 0.5) is 11.5 Å². The number of nitrogen functional groups attached to an aromatic ring is 1. The van der Waals surface area contributed by atoms with Gasteiger partial charge in [-0.25, -0.2) is 9.97 Å². The summed E-state index contributed by atoms with van der Waals surface area (Å²) in [6, 6.07) is 8.07. The molecule has 0 aliphatic carbocycles. The van der Waals surface area contributed by atoms with Gasteiger partial charge in [-0.1, -0.05) is 12.1 Å². The van der Waals surface area contributed by atoms with Gasteiger partial charge in [-0.15, -0.1) is 11.3 Å². The molecule has 0 saturated carbocycles. The first-order valence-corrected chi connectivity index (χ1v) is 7.70. The molecule has 0 bridgehead atoms. The van der Waals surface area contributed by atoms with Crippen molar-refractivity contribution in [2.45, 2.75) is 26.8 Å². The van der Waals surface area contributed by atoms with E-state index in [1.165, 1.54) is 16.0 Å². The number of nitrogens with two attached hydrogens (primary N) is 1. The van der Waals surface area contributed by atoms with Crippen LogP contribution in [0.25, 0.3) is 10.2 Å². The highest BCUT2D eigenvalue weighted by atomic mass is 32.1. The van der Waals surface area contributed by atoms with Crippen molar-refractivity contribution in [3.8, 4) is 0 Å². The van der Waals surface area contributed by atoms with Crippen molar-refractivity contribution in [3.63, 3.8) is 0 Å². The molecule has 5 heteroatoms. The predicted octanol–water partition coefficient (Wildman–Crippen LogP) is 4.06. The molecule has 1 unspecified atom stereocenters. The van der Waals surface area contributed by atoms with Crippen LogP contribution in [0.15, 0.2) is 30.6 Å². The fraction of sp³-hybridized carbons (Fsp3) is 0.250. The van der Waals surface area contributed by atoms with Crippen molar-refractivity contribution >= 4 is 33.1 Å². The number of anilines is 2. The molecule has 3 rings (SSSR count). The molecule has 0 aliphatic rings. The van der Waals surface area contributed by atoms with E-state index in [4.69, 9.17) is 5.73 Å². The first kappa shape index (κ1) is 13.8. The zero-order valence-electron chi connectivity index (χ0n) is 12.3. The first-order chi connectivity index (χ1) is 10.1. The second kappa shape index (κ2) is 5.33. The lowest BCUT2D eigenvalue weighted by molar-refractivity contribution is 0.876. The summed E-state index contributed by atoms with van der Waals surface area (Å²) in [4.78, 5) is 11.1. The van der Waals surface area contributed by atoms with E-state index in [2.05, 4.69) is 36.1 Å². The van der Waals surface area contributed by atoms with E-state index in [1.807, 2.05) is 24.3 Å². The molecule has 0 spiro atoms. The van der Waals surface area contributed by atoms with Gasteiger partial charge in [0.1, 0.15) is 17.0 Å². The number of aryl methyl sites for hydroxylation is 2. The third kappa shape index (κ3) is 2.56. The van der Waals surface area contributed by atoms with E-state index >= 15 is 0 Å². The summed E-state index contributed by atoms with van der Waals surface area (Å²) in [6.45, 7) is 6.36. The van der Waals surface area contributed by atoms with E-state index in [-0.39, 0.29) is 6.04 Å². The Labute approximate surface area is 128 Å². The Morgan fingerprint density at radius 1 is 1.14 bits per heavy atom. The Bertz CT molecular complexity index is 777. The lowest BCUT2D eigenvalue weighted by Crippen LogP contribution is -2.08. The Morgan fingerprint density at radius 2 is 1.86 bits per heavy atom. The minimum atomic E-state index is 0.156. The molecule has 3 aromatic rings. The third-order valence-corrected chi connectivity index (χ3v) is 4.87. The smallest absolute Gasteiger partial charge is 0.138 e. The summed E-state index contributed by atoms with van der Waals surface area (Å²) < 4.78 is 0. The molecule has 4 nitrogen and oxygen atoms in total. The number of thiophene rings is 1. The maximum Gasteiger partial charge on any atom is 0.138 e. The summed E-state index contributed by atoms with van der Waals surface area (Å²) in [5.74, 6) is 0.895. The topological polar surface area (TPSA) is 63.8 Å². The number of hydrogen-bond acceptors (Lipinski definition) is 5. The average molecular weight is 298 g/mol. The van der Waals surface area contributed by atoms with Crippen LogP contribution >= 0.6 is 11.3 Å². The molecule has 1 aromatic carbocycles. The van der Waals surface area contributed by atoms with Crippen LogP contribution in [-0.4, -0.2) is 9.97 Å². The summed E-state index contributed by atoms with van der Waals surface area (Å²) in [5.41, 5.74) is 8.95. The van der Waals surface area contributed by atoms with Gasteiger partial charge in [-0.3, -0.25) is 0 Å². The minimum Gasteiger partial charge on any atom is -0.399 e. The molecule has 2 heterocycles. The van der Waals surface area contributed by atoms with Gasteiger partial charge < -0.3 is 11.1 Å². The number of benzene rings is 1. The van der Waals surface area contributed by atoms with E-state index < -0.39 is 0 Å². The molecule has 0 amide bonds. The Morgan fingerprint density at radius 3 is 2.57 bits per heavy atom. The normalized spacial score (nSPS) is 12.5. The SMILES string of the molecule is Cc1sc2ncnc(NC(C)c3ccc(N)cc3)c2c1C. The van der Waals surface area contributed by atoms with Crippen molar-refractivity contribution in [1.29, 1.82) is 0 Å². The molecule has 108 valence electrons. The Hall–Kier alpha value is -2.14. The summed E-state index contributed by atoms with van der Waals surface area (Å²) in [5, 5.41) is 4.62. The maximum atomic E-state index is 5.74. The highest BCUT2D eigenvalue weighted by molar-refractivity contribution is 7.18. The zero-order chi connectivity index (χ0) is 15.0. The molecule has 0 radical (unpaired) electrons. The van der Waals surface area contributed by atoms with Gasteiger partial charge in [-0.05, 0) is 44.0 Å². The lowest BCUT2D eigenvalue weighted by atomic mass is 10.1. The van der Waals surface area contributed by atoms with Crippen molar-refractivity contribution < 1.29 is 0 Å². The molecule has 1 atom stereocenters. The number of rotatable bonds is 3. The van der Waals surface area contributed by atoms with Crippen LogP contribution in [-0.2, 0) is 0 Å². The van der Waals surface area contributed by atoms with Crippen molar-refractivity contribution in [1.82, 2.24) is 9.97 Å². The van der Waals surface area contributed by atoms with Gasteiger partial charge in [0, 0.05) is 16.6 Å². The Kier molecular flexibility index (Phi) is 3.51. The number of aromatic nitrogens is 2. The molecule has 0 aliphatic heterocycles. The van der Waals surface area contributed by atoms with Gasteiger partial charge in [0.25, 0.3) is 0 Å². The zero-order valence-corrected chi connectivity index (χ0v) is 13.2. The van der Waals surface area contributed by atoms with Gasteiger partial charge in [0.05, 0.1) is 5.39 Å². The number of nitrogens with one attached hydrogen (secondary N) is 1. The van der Waals surface area contributed by atoms with Crippen LogP contribution in [0.3, 0.4) is 0 Å². The quantitative estimate of drug-likeness (QED) is 0.716. The molecule has 21 heavy (non-hydrogen) atoms. The summed E-state index contributed by atoms with van der Waals surface area (Å²) in [7, 11) is 0. The van der Waals surface area contributed by atoms with Crippen LogP contribution in [0, 0.1) is 13.8 Å². The monoisotopic (exact) mass is 298 g/mol. The predicted molar refractivity (Wildman–Crippen MR) is 89.8 cm³/mol. The van der Waals surface area contributed by atoms with Crippen LogP contribution in [0.1, 0.15) is 29.0 Å². The summed E-state index contributed by atoms with van der Waals surface area (Å²) >= 11 is 1.71. The minimum absolute atomic E-state index is 0.156. The third-order valence-electron chi connectivity index (χ3n) is 3.76. The molecule has 3 N–H and O–H groups in total. The van der Waals surface area contributed by atoms with E-state index in [1.54, 1.807) is 17.7 Å². The van der Waals surface area contributed by atoms with Crippen LogP contribution < -0.4 is 11.1 Å². The van der Waals surface area contributed by atoms with Crippen molar-refractivity contribution in [2.24, 2.45) is 0 Å². The first-order valence-electron chi connectivity index (χ1n) is 6.89. The van der Waals surface area contributed by atoms with Crippen molar-refractivity contribution in [2.75, 3.05) is 11.1 Å². The van der Waals surface area contributed by atoms with E-state index in [0.717, 1.165) is 21.7 Å².